The highest BCUT2D eigenvalue weighted by Gasteiger charge is 2.18. The van der Waals surface area contributed by atoms with Gasteiger partial charge >= 0.3 is 0 Å². The molecule has 1 aliphatic heterocycles. The lowest BCUT2D eigenvalue weighted by atomic mass is 10.1. The normalized spacial score (nSPS) is 14.4. The Morgan fingerprint density at radius 1 is 1.00 bits per heavy atom. The summed E-state index contributed by atoms with van der Waals surface area (Å²) in [6, 6.07) is 16.9. The number of piperidine rings is 1. The summed E-state index contributed by atoms with van der Waals surface area (Å²) in [7, 11) is 0. The van der Waals surface area contributed by atoms with Gasteiger partial charge in [-0.2, -0.15) is 0 Å². The molecule has 2 N–H and O–H groups in total. The maximum Gasteiger partial charge on any atom is 0.267 e. The number of carbonyl (C=O) groups excluding carboxylic acids is 1. The number of fused-ring (bicyclic) bond motifs is 2. The molecule has 1 amide bonds. The van der Waals surface area contributed by atoms with Crippen LogP contribution in [0.4, 0.5) is 0 Å². The minimum atomic E-state index is -0.333. The third-order valence-electron chi connectivity index (χ3n) is 6.69. The van der Waals surface area contributed by atoms with Crippen molar-refractivity contribution in [2.24, 2.45) is 0 Å². The molecule has 1 saturated heterocycles. The third-order valence-corrected chi connectivity index (χ3v) is 6.69. The number of aromatic nitrogens is 3. The summed E-state index contributed by atoms with van der Waals surface area (Å²) in [4.78, 5) is 33.5. The van der Waals surface area contributed by atoms with E-state index >= 15 is 0 Å². The fourth-order valence-corrected chi connectivity index (χ4v) is 4.77. The largest absolute Gasteiger partial charge is 0.351 e. The van der Waals surface area contributed by atoms with E-state index in [9.17, 15) is 9.59 Å². The van der Waals surface area contributed by atoms with E-state index in [-0.39, 0.29) is 22.5 Å². The highest BCUT2D eigenvalue weighted by atomic mass is 16.1. The van der Waals surface area contributed by atoms with E-state index in [2.05, 4.69) is 10.2 Å². The Hall–Kier alpha value is -3.78. The van der Waals surface area contributed by atoms with Crippen molar-refractivity contribution in [1.82, 2.24) is 24.2 Å². The summed E-state index contributed by atoms with van der Waals surface area (Å²) >= 11 is 0. The zero-order valence-corrected chi connectivity index (χ0v) is 19.7. The van der Waals surface area contributed by atoms with Gasteiger partial charge in [-0.25, -0.2) is 4.98 Å². The van der Waals surface area contributed by atoms with Crippen molar-refractivity contribution in [3.8, 4) is 0 Å². The van der Waals surface area contributed by atoms with Crippen LogP contribution in [0.1, 0.15) is 35.2 Å². The molecule has 0 saturated carbocycles. The fraction of sp³-hybridized carbons (Fsp3) is 0.333. The van der Waals surface area contributed by atoms with E-state index in [1.807, 2.05) is 36.4 Å². The first-order valence-electron chi connectivity index (χ1n) is 12.3. The molecule has 35 heavy (non-hydrogen) atoms. The number of amides is 1. The highest BCUT2D eigenvalue weighted by Crippen LogP contribution is 2.12. The molecule has 1 fully saturated rings. The highest BCUT2D eigenvalue weighted by molar-refractivity contribution is 5.96. The van der Waals surface area contributed by atoms with Crippen molar-refractivity contribution in [2.45, 2.75) is 32.2 Å². The maximum atomic E-state index is 13.3. The summed E-state index contributed by atoms with van der Waals surface area (Å²) in [6.45, 7) is 3.85. The molecular formula is C27H30N6O2. The van der Waals surface area contributed by atoms with E-state index in [0.717, 1.165) is 25.2 Å². The monoisotopic (exact) mass is 470 g/mol. The standard InChI is InChI=1S/C27H30N6O2/c28-24-21(26(34)29-13-18-31-14-6-2-7-15-31)19-22-25(30-23-11-5-8-16-32(23)27(22)35)33(24)17-12-20-9-3-1-4-10-20/h1,3-5,8-11,16,19,28H,2,6-7,12-15,17-18H2,(H,29,34). The van der Waals surface area contributed by atoms with Gasteiger partial charge in [-0.3, -0.25) is 19.4 Å². The van der Waals surface area contributed by atoms with Crippen LogP contribution < -0.4 is 16.4 Å². The first kappa shape index (κ1) is 23.0. The lowest BCUT2D eigenvalue weighted by molar-refractivity contribution is 0.0944. The average Bonchev–Trinajstić information content (AvgIpc) is 2.89. The quantitative estimate of drug-likeness (QED) is 0.406. The van der Waals surface area contributed by atoms with Crippen molar-refractivity contribution < 1.29 is 4.79 Å². The van der Waals surface area contributed by atoms with Gasteiger partial charge < -0.3 is 14.8 Å². The Morgan fingerprint density at radius 3 is 2.57 bits per heavy atom. The number of rotatable bonds is 7. The van der Waals surface area contributed by atoms with Crippen LogP contribution in [-0.4, -0.2) is 50.9 Å². The van der Waals surface area contributed by atoms with Crippen LogP contribution in [0.25, 0.3) is 16.7 Å². The molecule has 4 heterocycles. The number of nitrogens with one attached hydrogen (secondary N) is 2. The van der Waals surface area contributed by atoms with Crippen molar-refractivity contribution in [3.63, 3.8) is 0 Å². The molecule has 4 aromatic rings. The molecule has 8 nitrogen and oxygen atoms in total. The van der Waals surface area contributed by atoms with Crippen molar-refractivity contribution in [1.29, 1.82) is 5.41 Å². The fourth-order valence-electron chi connectivity index (χ4n) is 4.77. The van der Waals surface area contributed by atoms with Gasteiger partial charge in [0.15, 0.2) is 0 Å². The Labute approximate surface area is 203 Å². The minimum Gasteiger partial charge on any atom is -0.351 e. The molecule has 1 aromatic carbocycles. The lowest BCUT2D eigenvalue weighted by Gasteiger charge is -2.26. The van der Waals surface area contributed by atoms with Crippen LogP contribution in [0.2, 0.25) is 0 Å². The van der Waals surface area contributed by atoms with Gasteiger partial charge in [-0.1, -0.05) is 42.8 Å². The number of aryl methyl sites for hydroxylation is 2. The molecule has 0 unspecified atom stereocenters. The Balaban J connectivity index is 1.51. The van der Waals surface area contributed by atoms with Gasteiger partial charge in [-0.05, 0) is 56.1 Å². The van der Waals surface area contributed by atoms with Gasteiger partial charge in [0.05, 0.1) is 10.9 Å². The smallest absolute Gasteiger partial charge is 0.267 e. The van der Waals surface area contributed by atoms with E-state index in [1.54, 1.807) is 22.9 Å². The van der Waals surface area contributed by atoms with E-state index in [4.69, 9.17) is 10.4 Å². The molecule has 0 bridgehead atoms. The number of carbonyl (C=O) groups is 1. The lowest BCUT2D eigenvalue weighted by Crippen LogP contribution is -2.40. The topological polar surface area (TPSA) is 95.5 Å². The van der Waals surface area contributed by atoms with Crippen LogP contribution in [0.5, 0.6) is 0 Å². The number of pyridine rings is 2. The van der Waals surface area contributed by atoms with Crippen LogP contribution in [0.15, 0.2) is 65.6 Å². The number of hydrogen-bond donors (Lipinski definition) is 2. The Kier molecular flexibility index (Phi) is 6.72. The van der Waals surface area contributed by atoms with Gasteiger partial charge in [0.25, 0.3) is 11.5 Å². The zero-order chi connectivity index (χ0) is 24.2. The van der Waals surface area contributed by atoms with Crippen molar-refractivity contribution in [2.75, 3.05) is 26.2 Å². The molecule has 0 atom stereocenters. The predicted molar refractivity (Wildman–Crippen MR) is 136 cm³/mol. The summed E-state index contributed by atoms with van der Waals surface area (Å²) in [5, 5.41) is 12.2. The first-order chi connectivity index (χ1) is 17.1. The van der Waals surface area contributed by atoms with Gasteiger partial charge in [-0.15, -0.1) is 0 Å². The summed E-state index contributed by atoms with van der Waals surface area (Å²) < 4.78 is 3.17. The van der Waals surface area contributed by atoms with Crippen molar-refractivity contribution in [3.05, 3.63) is 87.8 Å². The molecule has 0 radical (unpaired) electrons. The van der Waals surface area contributed by atoms with Gasteiger partial charge in [0.2, 0.25) is 0 Å². The number of benzene rings is 1. The van der Waals surface area contributed by atoms with Crippen LogP contribution in [0.3, 0.4) is 0 Å². The molecule has 3 aromatic heterocycles. The molecule has 1 aliphatic rings. The number of likely N-dealkylation sites (tertiary alicyclic amines) is 1. The number of nitrogens with zero attached hydrogens (tertiary/aromatic N) is 4. The van der Waals surface area contributed by atoms with Gasteiger partial charge in [0.1, 0.15) is 16.8 Å². The SMILES string of the molecule is N=c1c(C(=O)NCCN2CCCCC2)cc2c(=O)n3ccccc3nc2n1CCc1ccccc1. The molecule has 0 spiro atoms. The second kappa shape index (κ2) is 10.2. The number of hydrogen-bond acceptors (Lipinski definition) is 5. The molecule has 180 valence electrons. The van der Waals surface area contributed by atoms with Crippen LogP contribution in [0, 0.1) is 5.41 Å². The average molecular weight is 471 g/mol. The van der Waals surface area contributed by atoms with E-state index in [1.165, 1.54) is 29.7 Å². The second-order valence-corrected chi connectivity index (χ2v) is 9.04. The van der Waals surface area contributed by atoms with Crippen LogP contribution >= 0.6 is 0 Å². The third kappa shape index (κ3) is 4.88. The van der Waals surface area contributed by atoms with Crippen LogP contribution in [-0.2, 0) is 13.0 Å². The maximum absolute atomic E-state index is 13.3. The van der Waals surface area contributed by atoms with Gasteiger partial charge in [0, 0.05) is 25.8 Å². The minimum absolute atomic E-state index is 0.0658. The zero-order valence-electron chi connectivity index (χ0n) is 19.7. The molecule has 5 rings (SSSR count). The summed E-state index contributed by atoms with van der Waals surface area (Å²) in [5.41, 5.74) is 2.06. The predicted octanol–water partition coefficient (Wildman–Crippen LogP) is 2.59. The molecule has 8 heteroatoms. The van der Waals surface area contributed by atoms with Crippen molar-refractivity contribution >= 4 is 22.6 Å². The van der Waals surface area contributed by atoms with E-state index < -0.39 is 0 Å². The molecule has 0 aliphatic carbocycles. The second-order valence-electron chi connectivity index (χ2n) is 9.04. The summed E-state index contributed by atoms with van der Waals surface area (Å²) in [5.74, 6) is -0.333. The van der Waals surface area contributed by atoms with E-state index in [0.29, 0.717) is 36.2 Å². The Morgan fingerprint density at radius 2 is 1.77 bits per heavy atom. The molecular weight excluding hydrogens is 440 g/mol. The summed E-state index contributed by atoms with van der Waals surface area (Å²) in [6.07, 6.45) is 5.99. The first-order valence-corrected chi connectivity index (χ1v) is 12.3. The Bertz CT molecular complexity index is 1470.